The summed E-state index contributed by atoms with van der Waals surface area (Å²) in [7, 11) is 0. The number of rotatable bonds is 6. The van der Waals surface area contributed by atoms with Crippen LogP contribution in [0.1, 0.15) is 18.7 Å². The van der Waals surface area contributed by atoms with E-state index >= 15 is 0 Å². The number of nitrogens with two attached hydrogens (primary N) is 1. The van der Waals surface area contributed by atoms with Crippen molar-refractivity contribution in [1.29, 1.82) is 0 Å². The molecule has 0 aliphatic carbocycles. The maximum atomic E-state index is 6.18. The van der Waals surface area contributed by atoms with E-state index in [4.69, 9.17) is 17.3 Å². The fourth-order valence-electron chi connectivity index (χ4n) is 3.17. The summed E-state index contributed by atoms with van der Waals surface area (Å²) in [5.41, 5.74) is 7.39. The molecule has 0 spiro atoms. The standard InChI is InChI=1S/C19H27ClN6/c1-16-22-9-11-24(16)10-3-2-8-23-19(21)26-14-12-25(13-15-26)18-6-4-17(20)5-7-18/h4-7,9,11H,2-3,8,10,12-15H2,1H3,(H2,21,23). The van der Waals surface area contributed by atoms with Crippen molar-refractivity contribution < 1.29 is 0 Å². The maximum Gasteiger partial charge on any atom is 0.191 e. The molecule has 1 aromatic carbocycles. The van der Waals surface area contributed by atoms with Crippen LogP contribution in [0.15, 0.2) is 41.7 Å². The zero-order valence-electron chi connectivity index (χ0n) is 15.3. The summed E-state index contributed by atoms with van der Waals surface area (Å²) in [4.78, 5) is 13.3. The van der Waals surface area contributed by atoms with E-state index in [0.29, 0.717) is 5.96 Å². The number of unbranched alkanes of at least 4 members (excludes halogenated alkanes) is 1. The van der Waals surface area contributed by atoms with Gasteiger partial charge in [0.25, 0.3) is 0 Å². The van der Waals surface area contributed by atoms with Gasteiger partial charge in [-0.2, -0.15) is 0 Å². The summed E-state index contributed by atoms with van der Waals surface area (Å²) in [6, 6.07) is 8.00. The van der Waals surface area contributed by atoms with Crippen LogP contribution in [-0.4, -0.2) is 53.1 Å². The zero-order valence-corrected chi connectivity index (χ0v) is 16.1. The van der Waals surface area contributed by atoms with Crippen LogP contribution in [0.3, 0.4) is 0 Å². The largest absolute Gasteiger partial charge is 0.370 e. The summed E-state index contributed by atoms with van der Waals surface area (Å²) in [6.45, 7) is 7.46. The highest BCUT2D eigenvalue weighted by molar-refractivity contribution is 6.30. The third-order valence-corrected chi connectivity index (χ3v) is 5.05. The molecule has 7 heteroatoms. The molecule has 1 saturated heterocycles. The van der Waals surface area contributed by atoms with E-state index in [0.717, 1.165) is 63.0 Å². The van der Waals surface area contributed by atoms with Crippen molar-refractivity contribution in [3.8, 4) is 0 Å². The predicted molar refractivity (Wildman–Crippen MR) is 108 cm³/mol. The predicted octanol–water partition coefficient (Wildman–Crippen LogP) is 2.76. The minimum atomic E-state index is 0.666. The number of benzene rings is 1. The molecule has 1 aliphatic rings. The van der Waals surface area contributed by atoms with Gasteiger partial charge in [-0.3, -0.25) is 4.99 Å². The van der Waals surface area contributed by atoms with Crippen molar-refractivity contribution in [2.45, 2.75) is 26.3 Å². The van der Waals surface area contributed by atoms with E-state index in [1.807, 2.05) is 31.5 Å². The number of aryl methyl sites for hydroxylation is 2. The molecule has 0 unspecified atom stereocenters. The first-order valence-corrected chi connectivity index (χ1v) is 9.54. The molecular formula is C19H27ClN6. The SMILES string of the molecule is Cc1nccn1CCCCN=C(N)N1CCN(c2ccc(Cl)cc2)CC1. The molecule has 1 aliphatic heterocycles. The molecule has 0 atom stereocenters. The number of hydrogen-bond donors (Lipinski definition) is 1. The second-order valence-electron chi connectivity index (χ2n) is 6.57. The van der Waals surface area contributed by atoms with Crippen molar-refractivity contribution in [1.82, 2.24) is 14.5 Å². The summed E-state index contributed by atoms with van der Waals surface area (Å²) in [6.07, 6.45) is 5.98. The van der Waals surface area contributed by atoms with E-state index < -0.39 is 0 Å². The van der Waals surface area contributed by atoms with Gasteiger partial charge in [0.2, 0.25) is 0 Å². The lowest BCUT2D eigenvalue weighted by Gasteiger charge is -2.36. The Balaban J connectivity index is 1.38. The number of halogens is 1. The first kappa shape index (κ1) is 18.6. The van der Waals surface area contributed by atoms with Crippen molar-refractivity contribution in [2.24, 2.45) is 10.7 Å². The topological polar surface area (TPSA) is 62.7 Å². The number of guanidine groups is 1. The van der Waals surface area contributed by atoms with Crippen molar-refractivity contribution in [3.05, 3.63) is 47.5 Å². The van der Waals surface area contributed by atoms with Crippen LogP contribution >= 0.6 is 11.6 Å². The second kappa shape index (κ2) is 8.94. The zero-order chi connectivity index (χ0) is 18.4. The highest BCUT2D eigenvalue weighted by atomic mass is 35.5. The molecule has 140 valence electrons. The number of nitrogens with zero attached hydrogens (tertiary/aromatic N) is 5. The van der Waals surface area contributed by atoms with Gasteiger partial charge < -0.3 is 20.1 Å². The molecule has 0 bridgehead atoms. The van der Waals surface area contributed by atoms with E-state index in [2.05, 4.69) is 36.5 Å². The Hall–Kier alpha value is -2.21. The van der Waals surface area contributed by atoms with E-state index in [1.165, 1.54) is 5.69 Å². The number of hydrogen-bond acceptors (Lipinski definition) is 3. The Labute approximate surface area is 160 Å². The molecule has 2 heterocycles. The average molecular weight is 375 g/mol. The summed E-state index contributed by atoms with van der Waals surface area (Å²) >= 11 is 5.96. The van der Waals surface area contributed by atoms with E-state index in [-0.39, 0.29) is 0 Å². The fourth-order valence-corrected chi connectivity index (χ4v) is 3.30. The Morgan fingerprint density at radius 1 is 1.15 bits per heavy atom. The number of anilines is 1. The van der Waals surface area contributed by atoms with Gasteiger partial charge in [0.1, 0.15) is 5.82 Å². The summed E-state index contributed by atoms with van der Waals surface area (Å²) in [5.74, 6) is 1.73. The lowest BCUT2D eigenvalue weighted by molar-refractivity contribution is 0.380. The molecular weight excluding hydrogens is 348 g/mol. The van der Waals surface area contributed by atoms with Gasteiger partial charge in [-0.15, -0.1) is 0 Å². The molecule has 0 amide bonds. The highest BCUT2D eigenvalue weighted by Crippen LogP contribution is 2.19. The van der Waals surface area contributed by atoms with Crippen LogP contribution in [0.5, 0.6) is 0 Å². The Morgan fingerprint density at radius 2 is 1.88 bits per heavy atom. The van der Waals surface area contributed by atoms with Gasteiger partial charge in [0.05, 0.1) is 0 Å². The van der Waals surface area contributed by atoms with Gasteiger partial charge in [0, 0.05) is 62.4 Å². The van der Waals surface area contributed by atoms with Crippen LogP contribution < -0.4 is 10.6 Å². The second-order valence-corrected chi connectivity index (χ2v) is 7.00. The maximum absolute atomic E-state index is 6.18. The number of aliphatic imine (C=N–C) groups is 1. The summed E-state index contributed by atoms with van der Waals surface area (Å²) < 4.78 is 2.17. The molecule has 3 rings (SSSR count). The van der Waals surface area contributed by atoms with E-state index in [9.17, 15) is 0 Å². The van der Waals surface area contributed by atoms with Crippen LogP contribution in [0.25, 0.3) is 0 Å². The minimum absolute atomic E-state index is 0.666. The van der Waals surface area contributed by atoms with Crippen LogP contribution in [0.4, 0.5) is 5.69 Å². The lowest BCUT2D eigenvalue weighted by atomic mass is 10.2. The Morgan fingerprint density at radius 3 is 2.54 bits per heavy atom. The van der Waals surface area contributed by atoms with Crippen LogP contribution in [0.2, 0.25) is 5.02 Å². The van der Waals surface area contributed by atoms with Crippen molar-refractivity contribution in [3.63, 3.8) is 0 Å². The lowest BCUT2D eigenvalue weighted by Crippen LogP contribution is -2.51. The van der Waals surface area contributed by atoms with Crippen LogP contribution in [0, 0.1) is 6.92 Å². The molecule has 2 aromatic rings. The minimum Gasteiger partial charge on any atom is -0.370 e. The molecule has 6 nitrogen and oxygen atoms in total. The van der Waals surface area contributed by atoms with Crippen LogP contribution in [-0.2, 0) is 6.54 Å². The number of aromatic nitrogens is 2. The van der Waals surface area contributed by atoms with Gasteiger partial charge in [-0.25, -0.2) is 4.98 Å². The van der Waals surface area contributed by atoms with Gasteiger partial charge in [-0.05, 0) is 44.0 Å². The average Bonchev–Trinajstić information content (AvgIpc) is 3.07. The third kappa shape index (κ3) is 4.91. The first-order chi connectivity index (χ1) is 12.6. The van der Waals surface area contributed by atoms with Crippen molar-refractivity contribution >= 4 is 23.2 Å². The quantitative estimate of drug-likeness (QED) is 0.479. The highest BCUT2D eigenvalue weighted by Gasteiger charge is 2.18. The molecule has 26 heavy (non-hydrogen) atoms. The molecule has 2 N–H and O–H groups in total. The Kier molecular flexibility index (Phi) is 6.39. The van der Waals surface area contributed by atoms with Gasteiger partial charge in [-0.1, -0.05) is 11.6 Å². The number of imidazole rings is 1. The molecule has 0 radical (unpaired) electrons. The molecule has 1 fully saturated rings. The molecule has 1 aromatic heterocycles. The van der Waals surface area contributed by atoms with Gasteiger partial charge in [0.15, 0.2) is 5.96 Å². The summed E-state index contributed by atoms with van der Waals surface area (Å²) in [5, 5.41) is 0.770. The number of piperazine rings is 1. The van der Waals surface area contributed by atoms with Crippen molar-refractivity contribution in [2.75, 3.05) is 37.6 Å². The monoisotopic (exact) mass is 374 g/mol. The van der Waals surface area contributed by atoms with E-state index in [1.54, 1.807) is 0 Å². The third-order valence-electron chi connectivity index (χ3n) is 4.80. The van der Waals surface area contributed by atoms with Gasteiger partial charge >= 0.3 is 0 Å². The smallest absolute Gasteiger partial charge is 0.191 e. The Bertz CT molecular complexity index is 716. The normalized spacial score (nSPS) is 15.5. The molecule has 0 saturated carbocycles. The first-order valence-electron chi connectivity index (χ1n) is 9.16. The fraction of sp³-hybridized carbons (Fsp3) is 0.474.